The Labute approximate surface area is 85.4 Å². The first-order valence-corrected chi connectivity index (χ1v) is 4.86. The summed E-state index contributed by atoms with van der Waals surface area (Å²) in [4.78, 5) is 4.08. The molecule has 1 rings (SSSR count). The molecule has 0 saturated heterocycles. The number of rotatable bonds is 1. The fraction of sp³-hybridized carbons (Fsp3) is 0.583. The van der Waals surface area contributed by atoms with Crippen molar-refractivity contribution < 1.29 is 4.39 Å². The lowest BCUT2D eigenvalue weighted by molar-refractivity contribution is 0.220. The fourth-order valence-corrected chi connectivity index (χ4v) is 1.18. The largest absolute Gasteiger partial charge is 0.264 e. The number of nitrogens with zero attached hydrogens (tertiary/aromatic N) is 1. The smallest absolute Gasteiger partial charge is 0.131 e. The molecule has 0 radical (unpaired) electrons. The Balaban J connectivity index is 3.15. The van der Waals surface area contributed by atoms with E-state index in [9.17, 15) is 4.39 Å². The summed E-state index contributed by atoms with van der Waals surface area (Å²) in [5, 5.41) is 0. The Morgan fingerprint density at radius 1 is 1.00 bits per heavy atom. The SMILES string of the molecule is CC(C)(C)c1cncc(C(C)(C)F)c1. The molecule has 1 aromatic heterocycles. The Morgan fingerprint density at radius 3 is 1.93 bits per heavy atom. The average molecular weight is 195 g/mol. The van der Waals surface area contributed by atoms with Gasteiger partial charge in [0.1, 0.15) is 5.67 Å². The molecule has 0 N–H and O–H groups in total. The second kappa shape index (κ2) is 3.34. The lowest BCUT2D eigenvalue weighted by Crippen LogP contribution is -2.15. The number of pyridine rings is 1. The van der Waals surface area contributed by atoms with Crippen LogP contribution in [-0.2, 0) is 11.1 Å². The van der Waals surface area contributed by atoms with Crippen LogP contribution in [-0.4, -0.2) is 4.98 Å². The molecular weight excluding hydrogens is 177 g/mol. The molecule has 0 fully saturated rings. The Morgan fingerprint density at radius 2 is 1.50 bits per heavy atom. The van der Waals surface area contributed by atoms with Gasteiger partial charge in [-0.15, -0.1) is 0 Å². The van der Waals surface area contributed by atoms with Crippen molar-refractivity contribution >= 4 is 0 Å². The number of aromatic nitrogens is 1. The molecule has 0 amide bonds. The second-order valence-electron chi connectivity index (χ2n) is 5.18. The summed E-state index contributed by atoms with van der Waals surface area (Å²) >= 11 is 0. The maximum absolute atomic E-state index is 13.6. The molecule has 0 aliphatic heterocycles. The molecule has 78 valence electrons. The zero-order valence-electron chi connectivity index (χ0n) is 9.56. The minimum Gasteiger partial charge on any atom is -0.264 e. The molecule has 0 unspecified atom stereocenters. The van der Waals surface area contributed by atoms with Gasteiger partial charge in [-0.2, -0.15) is 0 Å². The van der Waals surface area contributed by atoms with Gasteiger partial charge in [-0.05, 0) is 30.9 Å². The van der Waals surface area contributed by atoms with E-state index < -0.39 is 5.67 Å². The summed E-state index contributed by atoms with van der Waals surface area (Å²) in [7, 11) is 0. The standard InChI is InChI=1S/C12H18FN/c1-11(2,3)9-6-10(8-14-7-9)12(4,5)13/h6-8H,1-5H3. The monoisotopic (exact) mass is 195 g/mol. The van der Waals surface area contributed by atoms with Crippen molar-refractivity contribution in [3.63, 3.8) is 0 Å². The molecular formula is C12H18FN. The van der Waals surface area contributed by atoms with Crippen molar-refractivity contribution in [1.82, 2.24) is 4.98 Å². The highest BCUT2D eigenvalue weighted by Gasteiger charge is 2.22. The van der Waals surface area contributed by atoms with Crippen LogP contribution in [0.1, 0.15) is 45.7 Å². The predicted octanol–water partition coefficient (Wildman–Crippen LogP) is 3.58. The van der Waals surface area contributed by atoms with Gasteiger partial charge in [0.05, 0.1) is 0 Å². The highest BCUT2D eigenvalue weighted by Crippen LogP contribution is 2.28. The lowest BCUT2D eigenvalue weighted by atomic mass is 9.86. The van der Waals surface area contributed by atoms with E-state index in [1.54, 1.807) is 26.2 Å². The molecule has 1 aromatic rings. The molecule has 0 spiro atoms. The second-order valence-corrected chi connectivity index (χ2v) is 5.18. The van der Waals surface area contributed by atoms with Gasteiger partial charge in [0.25, 0.3) is 0 Å². The van der Waals surface area contributed by atoms with E-state index in [1.807, 2.05) is 6.07 Å². The third kappa shape index (κ3) is 2.53. The molecule has 2 heteroatoms. The first-order valence-electron chi connectivity index (χ1n) is 4.86. The van der Waals surface area contributed by atoms with Crippen LogP contribution in [0.25, 0.3) is 0 Å². The van der Waals surface area contributed by atoms with Crippen molar-refractivity contribution in [1.29, 1.82) is 0 Å². The molecule has 14 heavy (non-hydrogen) atoms. The van der Waals surface area contributed by atoms with E-state index in [4.69, 9.17) is 0 Å². The van der Waals surface area contributed by atoms with Gasteiger partial charge in [0.2, 0.25) is 0 Å². The quantitative estimate of drug-likeness (QED) is 0.667. The third-order valence-corrected chi connectivity index (χ3v) is 2.29. The summed E-state index contributed by atoms with van der Waals surface area (Å²) < 4.78 is 13.6. The zero-order valence-corrected chi connectivity index (χ0v) is 9.56. The van der Waals surface area contributed by atoms with Gasteiger partial charge in [-0.3, -0.25) is 4.98 Å². The van der Waals surface area contributed by atoms with E-state index in [2.05, 4.69) is 25.8 Å². The minimum absolute atomic E-state index is 0.0221. The van der Waals surface area contributed by atoms with Gasteiger partial charge in [0, 0.05) is 18.0 Å². The van der Waals surface area contributed by atoms with Crippen LogP contribution < -0.4 is 0 Å². The Hall–Kier alpha value is -0.920. The molecule has 1 heterocycles. The summed E-state index contributed by atoms with van der Waals surface area (Å²) in [5.41, 5.74) is 0.424. The van der Waals surface area contributed by atoms with Crippen molar-refractivity contribution in [3.05, 3.63) is 29.6 Å². The highest BCUT2D eigenvalue weighted by molar-refractivity contribution is 5.27. The van der Waals surface area contributed by atoms with E-state index in [0.29, 0.717) is 5.56 Å². The fourth-order valence-electron chi connectivity index (χ4n) is 1.18. The van der Waals surface area contributed by atoms with Crippen molar-refractivity contribution in [2.24, 2.45) is 0 Å². The van der Waals surface area contributed by atoms with Crippen LogP contribution in [0.5, 0.6) is 0 Å². The van der Waals surface area contributed by atoms with Crippen LogP contribution in [0.3, 0.4) is 0 Å². The molecule has 1 nitrogen and oxygen atoms in total. The Kier molecular flexibility index (Phi) is 2.66. The average Bonchev–Trinajstić information content (AvgIpc) is 2.01. The van der Waals surface area contributed by atoms with Crippen LogP contribution >= 0.6 is 0 Å². The van der Waals surface area contributed by atoms with Crippen molar-refractivity contribution in [3.8, 4) is 0 Å². The van der Waals surface area contributed by atoms with Crippen molar-refractivity contribution in [2.45, 2.75) is 45.7 Å². The number of hydrogen-bond acceptors (Lipinski definition) is 1. The van der Waals surface area contributed by atoms with Gasteiger partial charge < -0.3 is 0 Å². The van der Waals surface area contributed by atoms with Crippen LogP contribution in [0.2, 0.25) is 0 Å². The molecule has 0 bridgehead atoms. The third-order valence-electron chi connectivity index (χ3n) is 2.29. The van der Waals surface area contributed by atoms with Crippen molar-refractivity contribution in [2.75, 3.05) is 0 Å². The van der Waals surface area contributed by atoms with E-state index in [-0.39, 0.29) is 5.41 Å². The maximum Gasteiger partial charge on any atom is 0.131 e. The normalized spacial score (nSPS) is 13.0. The maximum atomic E-state index is 13.6. The summed E-state index contributed by atoms with van der Waals surface area (Å²) in [6, 6.07) is 1.90. The molecule has 0 aliphatic carbocycles. The highest BCUT2D eigenvalue weighted by atomic mass is 19.1. The van der Waals surface area contributed by atoms with Gasteiger partial charge in [-0.1, -0.05) is 20.8 Å². The van der Waals surface area contributed by atoms with E-state index in [0.717, 1.165) is 5.56 Å². The topological polar surface area (TPSA) is 12.9 Å². The predicted molar refractivity (Wildman–Crippen MR) is 57.1 cm³/mol. The minimum atomic E-state index is -1.31. The number of halogens is 1. The van der Waals surface area contributed by atoms with Crippen LogP contribution in [0, 0.1) is 0 Å². The van der Waals surface area contributed by atoms with E-state index in [1.165, 1.54) is 0 Å². The van der Waals surface area contributed by atoms with Crippen LogP contribution in [0.4, 0.5) is 4.39 Å². The van der Waals surface area contributed by atoms with Crippen LogP contribution in [0.15, 0.2) is 18.5 Å². The Bertz CT molecular complexity index is 289. The molecule has 0 aromatic carbocycles. The van der Waals surface area contributed by atoms with Gasteiger partial charge in [-0.25, -0.2) is 4.39 Å². The summed E-state index contributed by atoms with van der Waals surface area (Å²) in [6.45, 7) is 9.39. The summed E-state index contributed by atoms with van der Waals surface area (Å²) in [5.74, 6) is 0. The van der Waals surface area contributed by atoms with E-state index >= 15 is 0 Å². The molecule has 0 aliphatic rings. The number of hydrogen-bond donors (Lipinski definition) is 0. The first kappa shape index (κ1) is 11.2. The summed E-state index contributed by atoms with van der Waals surface area (Å²) in [6.07, 6.45) is 3.39. The first-order chi connectivity index (χ1) is 6.21. The van der Waals surface area contributed by atoms with Gasteiger partial charge in [0.15, 0.2) is 0 Å². The van der Waals surface area contributed by atoms with Gasteiger partial charge >= 0.3 is 0 Å². The molecule has 0 saturated carbocycles. The lowest BCUT2D eigenvalue weighted by Gasteiger charge is -2.21. The zero-order chi connectivity index (χ0) is 11.0. The number of alkyl halides is 1. The molecule has 0 atom stereocenters.